The van der Waals surface area contributed by atoms with Crippen LogP contribution in [0.2, 0.25) is 0 Å². The van der Waals surface area contributed by atoms with Crippen molar-refractivity contribution in [1.29, 1.82) is 0 Å². The maximum Gasteiger partial charge on any atom is 0.335 e. The fraction of sp³-hybridized carbons (Fsp3) is 0. The van der Waals surface area contributed by atoms with E-state index in [2.05, 4.69) is 10.3 Å². The highest BCUT2D eigenvalue weighted by Gasteiger charge is 2.24. The highest BCUT2D eigenvalue weighted by Crippen LogP contribution is 2.30. The van der Waals surface area contributed by atoms with E-state index in [1.54, 1.807) is 30.3 Å². The van der Waals surface area contributed by atoms with Crippen molar-refractivity contribution in [2.24, 2.45) is 4.99 Å². The topological polar surface area (TPSA) is 91.9 Å². The highest BCUT2D eigenvalue weighted by molar-refractivity contribution is 8.18. The first-order chi connectivity index (χ1) is 13.6. The SMILES string of the molecule is O=C1NC(=Nc2ccccc2)/C(=C/c2ccc(-c3ccc(C(=O)O)cc3)o2)S1. The van der Waals surface area contributed by atoms with Crippen molar-refractivity contribution >= 4 is 40.6 Å². The molecule has 1 aromatic heterocycles. The Balaban J connectivity index is 1.61. The molecule has 0 saturated carbocycles. The largest absolute Gasteiger partial charge is 0.478 e. The van der Waals surface area contributed by atoms with E-state index in [-0.39, 0.29) is 10.8 Å². The molecule has 1 aliphatic heterocycles. The minimum atomic E-state index is -0.975. The molecule has 3 aromatic rings. The predicted octanol–water partition coefficient (Wildman–Crippen LogP) is 5.17. The van der Waals surface area contributed by atoms with Crippen LogP contribution in [-0.4, -0.2) is 22.2 Å². The number of carbonyl (C=O) groups is 2. The summed E-state index contributed by atoms with van der Waals surface area (Å²) in [6.45, 7) is 0. The summed E-state index contributed by atoms with van der Waals surface area (Å²) in [7, 11) is 0. The van der Waals surface area contributed by atoms with Crippen LogP contribution in [0.5, 0.6) is 0 Å². The second-order valence-electron chi connectivity index (χ2n) is 5.90. The zero-order chi connectivity index (χ0) is 19.5. The van der Waals surface area contributed by atoms with Gasteiger partial charge in [0.1, 0.15) is 17.4 Å². The standard InChI is InChI=1S/C21H14N2O4S/c24-20(25)14-8-6-13(7-9-14)17-11-10-16(27-17)12-18-19(23-21(26)28-18)22-15-4-2-1-3-5-15/h1-12H,(H,24,25)(H,22,23,26)/b18-12-. The number of amides is 1. The quantitative estimate of drug-likeness (QED) is 0.641. The Bertz CT molecular complexity index is 1100. The normalized spacial score (nSPS) is 16.5. The summed E-state index contributed by atoms with van der Waals surface area (Å²) < 4.78 is 5.83. The lowest BCUT2D eigenvalue weighted by molar-refractivity contribution is 0.0697. The average Bonchev–Trinajstić information content (AvgIpc) is 3.29. The first-order valence-electron chi connectivity index (χ1n) is 8.37. The fourth-order valence-electron chi connectivity index (χ4n) is 2.64. The lowest BCUT2D eigenvalue weighted by Gasteiger charge is -1.99. The van der Waals surface area contributed by atoms with Crippen LogP contribution < -0.4 is 5.32 Å². The van der Waals surface area contributed by atoms with Gasteiger partial charge in [-0.05, 0) is 54.2 Å². The molecular formula is C21H14N2O4S. The molecule has 0 bridgehead atoms. The van der Waals surface area contributed by atoms with E-state index in [4.69, 9.17) is 9.52 Å². The van der Waals surface area contributed by atoms with Gasteiger partial charge < -0.3 is 14.8 Å². The molecule has 0 atom stereocenters. The highest BCUT2D eigenvalue weighted by atomic mass is 32.2. The summed E-state index contributed by atoms with van der Waals surface area (Å²) in [6, 6.07) is 19.4. The van der Waals surface area contributed by atoms with Gasteiger partial charge in [-0.1, -0.05) is 30.3 Å². The van der Waals surface area contributed by atoms with Crippen molar-refractivity contribution in [2.45, 2.75) is 0 Å². The molecule has 138 valence electrons. The summed E-state index contributed by atoms with van der Waals surface area (Å²) in [5, 5.41) is 11.5. The fourth-order valence-corrected chi connectivity index (χ4v) is 3.35. The van der Waals surface area contributed by atoms with Crippen molar-refractivity contribution in [3.05, 3.63) is 83.0 Å². The number of furan rings is 1. The van der Waals surface area contributed by atoms with Crippen LogP contribution >= 0.6 is 11.8 Å². The van der Waals surface area contributed by atoms with Gasteiger partial charge in [0.25, 0.3) is 5.24 Å². The summed E-state index contributed by atoms with van der Waals surface area (Å²) in [5.74, 6) is 0.673. The number of carboxylic acid groups (broad SMARTS) is 1. The van der Waals surface area contributed by atoms with E-state index in [0.29, 0.717) is 22.3 Å². The molecular weight excluding hydrogens is 376 g/mol. The number of thioether (sulfide) groups is 1. The van der Waals surface area contributed by atoms with Crippen LogP contribution in [0.25, 0.3) is 17.4 Å². The lowest BCUT2D eigenvalue weighted by Crippen LogP contribution is -2.18. The summed E-state index contributed by atoms with van der Waals surface area (Å²) in [4.78, 5) is 27.9. The van der Waals surface area contributed by atoms with Crippen molar-refractivity contribution < 1.29 is 19.1 Å². The molecule has 2 aromatic carbocycles. The lowest BCUT2D eigenvalue weighted by atomic mass is 10.1. The molecule has 2 N–H and O–H groups in total. The van der Waals surface area contributed by atoms with Crippen LogP contribution in [0, 0.1) is 0 Å². The van der Waals surface area contributed by atoms with E-state index in [9.17, 15) is 9.59 Å². The number of benzene rings is 2. The minimum absolute atomic E-state index is 0.197. The van der Waals surface area contributed by atoms with Gasteiger partial charge in [0.2, 0.25) is 0 Å². The Morgan fingerprint density at radius 3 is 2.50 bits per heavy atom. The molecule has 6 nitrogen and oxygen atoms in total. The number of amidine groups is 1. The number of aliphatic imine (C=N–C) groups is 1. The third-order valence-corrected chi connectivity index (χ3v) is 4.79. The summed E-state index contributed by atoms with van der Waals surface area (Å²) in [5.41, 5.74) is 1.72. The molecule has 0 unspecified atom stereocenters. The Kier molecular flexibility index (Phi) is 4.82. The zero-order valence-electron chi connectivity index (χ0n) is 14.5. The second-order valence-corrected chi connectivity index (χ2v) is 6.92. The van der Waals surface area contributed by atoms with Crippen LogP contribution in [-0.2, 0) is 0 Å². The van der Waals surface area contributed by atoms with E-state index in [1.165, 1.54) is 12.1 Å². The zero-order valence-corrected chi connectivity index (χ0v) is 15.3. The Hall–Kier alpha value is -3.58. The molecule has 4 rings (SSSR count). The summed E-state index contributed by atoms with van der Waals surface area (Å²) in [6.07, 6.45) is 1.75. The van der Waals surface area contributed by atoms with E-state index < -0.39 is 5.97 Å². The molecule has 0 aliphatic carbocycles. The first kappa shape index (κ1) is 17.8. The number of para-hydroxylation sites is 1. The van der Waals surface area contributed by atoms with Gasteiger partial charge in [0.05, 0.1) is 16.2 Å². The summed E-state index contributed by atoms with van der Waals surface area (Å²) >= 11 is 1.05. The number of carbonyl (C=O) groups excluding carboxylic acids is 1. The van der Waals surface area contributed by atoms with Gasteiger partial charge in [-0.15, -0.1) is 0 Å². The molecule has 0 spiro atoms. The van der Waals surface area contributed by atoms with Crippen LogP contribution in [0.4, 0.5) is 10.5 Å². The molecule has 1 saturated heterocycles. The molecule has 7 heteroatoms. The number of hydrogen-bond donors (Lipinski definition) is 2. The van der Waals surface area contributed by atoms with Crippen molar-refractivity contribution in [3.63, 3.8) is 0 Å². The maximum atomic E-state index is 11.8. The number of rotatable bonds is 4. The van der Waals surface area contributed by atoms with E-state index in [0.717, 1.165) is 23.0 Å². The smallest absolute Gasteiger partial charge is 0.335 e. The van der Waals surface area contributed by atoms with Crippen LogP contribution in [0.3, 0.4) is 0 Å². The van der Waals surface area contributed by atoms with Crippen molar-refractivity contribution in [3.8, 4) is 11.3 Å². The molecule has 1 aliphatic rings. The van der Waals surface area contributed by atoms with Gasteiger partial charge in [0.15, 0.2) is 0 Å². The number of nitrogens with zero attached hydrogens (tertiary/aromatic N) is 1. The Morgan fingerprint density at radius 2 is 1.79 bits per heavy atom. The van der Waals surface area contributed by atoms with Gasteiger partial charge >= 0.3 is 5.97 Å². The monoisotopic (exact) mass is 390 g/mol. The van der Waals surface area contributed by atoms with E-state index >= 15 is 0 Å². The molecule has 2 heterocycles. The predicted molar refractivity (Wildman–Crippen MR) is 109 cm³/mol. The number of hydrogen-bond acceptors (Lipinski definition) is 5. The van der Waals surface area contributed by atoms with Crippen LogP contribution in [0.15, 0.2) is 81.0 Å². The number of aromatic carboxylic acids is 1. The Morgan fingerprint density at radius 1 is 1.04 bits per heavy atom. The maximum absolute atomic E-state index is 11.8. The second kappa shape index (κ2) is 7.58. The number of nitrogens with one attached hydrogen (secondary N) is 1. The van der Waals surface area contributed by atoms with Gasteiger partial charge in [-0.3, -0.25) is 4.79 Å². The third-order valence-electron chi connectivity index (χ3n) is 3.97. The van der Waals surface area contributed by atoms with Gasteiger partial charge in [0, 0.05) is 5.56 Å². The Labute approximate surface area is 164 Å². The van der Waals surface area contributed by atoms with Crippen molar-refractivity contribution in [2.75, 3.05) is 0 Å². The van der Waals surface area contributed by atoms with Gasteiger partial charge in [-0.25, -0.2) is 9.79 Å². The average molecular weight is 390 g/mol. The number of carboxylic acids is 1. The van der Waals surface area contributed by atoms with Gasteiger partial charge in [-0.2, -0.15) is 0 Å². The van der Waals surface area contributed by atoms with Crippen molar-refractivity contribution in [1.82, 2.24) is 5.32 Å². The van der Waals surface area contributed by atoms with E-state index in [1.807, 2.05) is 30.3 Å². The molecule has 0 radical (unpaired) electrons. The molecule has 28 heavy (non-hydrogen) atoms. The first-order valence-corrected chi connectivity index (χ1v) is 9.18. The molecule has 1 amide bonds. The third kappa shape index (κ3) is 3.89. The molecule has 1 fully saturated rings. The minimum Gasteiger partial charge on any atom is -0.478 e. The van der Waals surface area contributed by atoms with Crippen LogP contribution in [0.1, 0.15) is 16.1 Å².